The number of carbonyl (C=O) groups is 4. The van der Waals surface area contributed by atoms with Gasteiger partial charge in [0.15, 0.2) is 23.0 Å². The van der Waals surface area contributed by atoms with Gasteiger partial charge in [0.1, 0.15) is 23.9 Å². The molecule has 2 aromatic carbocycles. The number of aromatic amines is 1. The molecule has 3 aromatic rings. The molecule has 0 unspecified atom stereocenters. The third-order valence-corrected chi connectivity index (χ3v) is 10.7. The topological polar surface area (TPSA) is 195 Å². The quantitative estimate of drug-likeness (QED) is 0.194. The van der Waals surface area contributed by atoms with Gasteiger partial charge < -0.3 is 53.8 Å². The van der Waals surface area contributed by atoms with Crippen LogP contribution in [0.15, 0.2) is 53.8 Å². The van der Waals surface area contributed by atoms with E-state index in [1.807, 2.05) is 64.1 Å². The second-order valence-corrected chi connectivity index (χ2v) is 15.1. The summed E-state index contributed by atoms with van der Waals surface area (Å²) in [7, 11) is 2.53. The number of hydrogen-bond acceptors (Lipinski definition) is 12. The average Bonchev–Trinajstić information content (AvgIpc) is 3.94. The minimum absolute atomic E-state index is 0.156. The molecule has 4 atom stereocenters. The molecule has 58 heavy (non-hydrogen) atoms. The van der Waals surface area contributed by atoms with Gasteiger partial charge in [-0.1, -0.05) is 33.8 Å². The van der Waals surface area contributed by atoms with Crippen molar-refractivity contribution in [1.82, 2.24) is 30.4 Å². The molecular weight excluding hydrogens is 750 g/mol. The molecule has 0 aliphatic carbocycles. The zero-order chi connectivity index (χ0) is 41.1. The summed E-state index contributed by atoms with van der Waals surface area (Å²) >= 11 is 0. The molecule has 2 saturated heterocycles. The van der Waals surface area contributed by atoms with Crippen molar-refractivity contribution in [2.24, 2.45) is 16.8 Å². The van der Waals surface area contributed by atoms with Crippen LogP contribution in [0.4, 0.5) is 9.59 Å². The zero-order valence-electron chi connectivity index (χ0n) is 33.4. The summed E-state index contributed by atoms with van der Waals surface area (Å²) < 4.78 is 33.7. The fraction of sp³-hybridized carbons (Fsp3) is 0.463. The number of alkyl carbamates (subject to hydrolysis) is 2. The summed E-state index contributed by atoms with van der Waals surface area (Å²) in [4.78, 5) is 67.6. The van der Waals surface area contributed by atoms with Gasteiger partial charge in [0, 0.05) is 37.0 Å². The number of hydrogen-bond donors (Lipinski definition) is 3. The fourth-order valence-electron chi connectivity index (χ4n) is 7.42. The van der Waals surface area contributed by atoms with Gasteiger partial charge in [-0.25, -0.2) is 14.6 Å². The minimum Gasteiger partial charge on any atom is -0.453 e. The Labute approximate surface area is 336 Å². The van der Waals surface area contributed by atoms with Gasteiger partial charge in [-0.2, -0.15) is 0 Å². The van der Waals surface area contributed by atoms with Crippen LogP contribution in [0, 0.1) is 11.8 Å². The van der Waals surface area contributed by atoms with Gasteiger partial charge in [0.05, 0.1) is 58.6 Å². The zero-order valence-corrected chi connectivity index (χ0v) is 33.4. The molecule has 0 spiro atoms. The molecule has 1 aromatic heterocycles. The van der Waals surface area contributed by atoms with Crippen LogP contribution in [-0.2, 0) is 28.5 Å². The largest absolute Gasteiger partial charge is 0.453 e. The number of H-pyrrole nitrogens is 1. The van der Waals surface area contributed by atoms with Crippen molar-refractivity contribution in [3.8, 4) is 34.3 Å². The average molecular weight is 800 g/mol. The van der Waals surface area contributed by atoms with E-state index >= 15 is 0 Å². The van der Waals surface area contributed by atoms with Crippen LogP contribution in [-0.4, -0.2) is 121 Å². The summed E-state index contributed by atoms with van der Waals surface area (Å²) in [6.07, 6.45) is 2.68. The monoisotopic (exact) mass is 799 g/mol. The Bertz CT molecular complexity index is 2110. The van der Waals surface area contributed by atoms with Crippen molar-refractivity contribution in [2.45, 2.75) is 58.3 Å². The van der Waals surface area contributed by atoms with Gasteiger partial charge in [0.2, 0.25) is 11.8 Å². The van der Waals surface area contributed by atoms with Crippen molar-refractivity contribution in [1.29, 1.82) is 0 Å². The number of morpholine rings is 2. The smallest absolute Gasteiger partial charge is 0.407 e. The minimum atomic E-state index is -0.776. The predicted molar refractivity (Wildman–Crippen MR) is 211 cm³/mol. The molecule has 4 amide bonds. The summed E-state index contributed by atoms with van der Waals surface area (Å²) in [5.41, 5.74) is 4.15. The van der Waals surface area contributed by atoms with E-state index in [1.54, 1.807) is 22.2 Å². The summed E-state index contributed by atoms with van der Waals surface area (Å²) in [6, 6.07) is 8.90. The lowest BCUT2D eigenvalue weighted by molar-refractivity contribution is -0.144. The molecule has 5 heterocycles. The molecule has 308 valence electrons. The van der Waals surface area contributed by atoms with Crippen molar-refractivity contribution in [3.05, 3.63) is 60.2 Å². The third kappa shape index (κ3) is 8.36. The maximum absolute atomic E-state index is 13.7. The number of nitrogens with zero attached hydrogens (tertiary/aromatic N) is 4. The molecule has 2 fully saturated rings. The van der Waals surface area contributed by atoms with Crippen LogP contribution in [0.5, 0.6) is 23.0 Å². The van der Waals surface area contributed by atoms with E-state index in [9.17, 15) is 19.2 Å². The number of aliphatic imine (C=N–C) groups is 1. The van der Waals surface area contributed by atoms with E-state index < -0.39 is 30.3 Å². The number of aromatic nitrogens is 2. The number of nitrogens with one attached hydrogen (secondary N) is 3. The lowest BCUT2D eigenvalue weighted by atomic mass is 9.96. The molecule has 4 aliphatic heterocycles. The van der Waals surface area contributed by atoms with Crippen LogP contribution in [0.3, 0.4) is 0 Å². The molecule has 0 saturated carbocycles. The highest BCUT2D eigenvalue weighted by molar-refractivity contribution is 6.04. The molecule has 4 aliphatic rings. The van der Waals surface area contributed by atoms with Crippen molar-refractivity contribution in [3.63, 3.8) is 0 Å². The number of fused-ring (bicyclic) bond motifs is 2. The van der Waals surface area contributed by atoms with Crippen molar-refractivity contribution >= 4 is 35.3 Å². The molecule has 3 N–H and O–H groups in total. The fourth-order valence-corrected chi connectivity index (χ4v) is 7.42. The van der Waals surface area contributed by atoms with Gasteiger partial charge in [-0.05, 0) is 53.3 Å². The van der Waals surface area contributed by atoms with Crippen LogP contribution in [0.2, 0.25) is 0 Å². The first-order valence-electron chi connectivity index (χ1n) is 19.4. The first kappa shape index (κ1) is 40.3. The lowest BCUT2D eigenvalue weighted by Gasteiger charge is -2.38. The first-order valence-corrected chi connectivity index (χ1v) is 19.4. The highest BCUT2D eigenvalue weighted by Crippen LogP contribution is 2.47. The number of benzene rings is 2. The van der Waals surface area contributed by atoms with Gasteiger partial charge in [-0.3, -0.25) is 14.6 Å². The Morgan fingerprint density at radius 2 is 1.29 bits per heavy atom. The number of ether oxygens (including phenoxy) is 6. The Hall–Kier alpha value is -5.94. The second kappa shape index (κ2) is 17.3. The number of imidazole rings is 1. The predicted octanol–water partition coefficient (Wildman–Crippen LogP) is 5.05. The van der Waals surface area contributed by atoms with Gasteiger partial charge in [0.25, 0.3) is 0 Å². The number of methoxy groups -OCH3 is 2. The van der Waals surface area contributed by atoms with E-state index in [1.165, 1.54) is 14.2 Å². The molecule has 0 radical (unpaired) electrons. The number of amides is 4. The Morgan fingerprint density at radius 3 is 1.86 bits per heavy atom. The maximum atomic E-state index is 13.7. The second-order valence-electron chi connectivity index (χ2n) is 15.1. The van der Waals surface area contributed by atoms with E-state index in [4.69, 9.17) is 33.4 Å². The maximum Gasteiger partial charge on any atom is 0.407 e. The van der Waals surface area contributed by atoms with Crippen molar-refractivity contribution < 1.29 is 47.6 Å². The van der Waals surface area contributed by atoms with E-state index in [-0.39, 0.29) is 36.3 Å². The highest BCUT2D eigenvalue weighted by atomic mass is 16.6. The Morgan fingerprint density at radius 1 is 0.759 bits per heavy atom. The molecule has 17 heteroatoms. The van der Waals surface area contributed by atoms with Crippen LogP contribution >= 0.6 is 0 Å². The van der Waals surface area contributed by atoms with E-state index in [2.05, 4.69) is 20.6 Å². The lowest BCUT2D eigenvalue weighted by Crippen LogP contribution is -2.59. The number of allylic oxidation sites excluding steroid dienone is 1. The number of rotatable bonds is 10. The molecule has 7 rings (SSSR count). The molecule has 17 nitrogen and oxygen atoms in total. The summed E-state index contributed by atoms with van der Waals surface area (Å²) in [6.45, 7) is 9.50. The van der Waals surface area contributed by atoms with Gasteiger partial charge >= 0.3 is 12.2 Å². The van der Waals surface area contributed by atoms with Crippen LogP contribution in [0.25, 0.3) is 16.8 Å². The van der Waals surface area contributed by atoms with Crippen LogP contribution in [0.1, 0.15) is 51.5 Å². The molecule has 0 bridgehead atoms. The van der Waals surface area contributed by atoms with Gasteiger partial charge in [-0.15, -0.1) is 0 Å². The highest BCUT2D eigenvalue weighted by Gasteiger charge is 2.39. The van der Waals surface area contributed by atoms with Crippen LogP contribution < -0.4 is 20.1 Å². The third-order valence-electron chi connectivity index (χ3n) is 10.7. The summed E-state index contributed by atoms with van der Waals surface area (Å²) in [5.74, 6) is 1.92. The standard InChI is InChI=1S/C41H49N7O10/c1-22(2)35(45-40(51)53-5)38(49)47-11-13-55-20-29(47)27-15-26(18-42-27)24-7-9-31-33(16-24)57-32-10-8-25(17-34(32)58-31)28-19-43-37(44-28)30-21-56-14-12-48(30)39(50)36(23(3)4)46-41(52)54-6/h7-10,16-19,22-23,29-30,35-36H,11-15,20-21H2,1-6H3,(H,43,44)(H,45,51)(H,46,52)/t29-,30-,35-,36-/m0/s1. The summed E-state index contributed by atoms with van der Waals surface area (Å²) in [5, 5.41) is 5.34. The SMILES string of the molecule is COC(=O)N[C@H](C(=O)N1CCOC[C@H]1C1=NC=C(c2ccc3c(c2)Oc2ccc(-c4cnc([C@@H]5COCCN5C(=O)[C@@H](NC(=O)OC)C(C)C)[nH]4)cc2O3)C1)C(C)C. The number of carbonyl (C=O) groups excluding carboxylic acids is 4. The normalized spacial score (nSPS) is 19.8. The first-order chi connectivity index (χ1) is 27.9. The molecular formula is C41H49N7O10. The van der Waals surface area contributed by atoms with E-state index in [0.717, 1.165) is 22.4 Å². The van der Waals surface area contributed by atoms with E-state index in [0.29, 0.717) is 73.8 Å². The Balaban J connectivity index is 1.02. The van der Waals surface area contributed by atoms with Crippen molar-refractivity contribution in [2.75, 3.05) is 53.7 Å². The Kier molecular flexibility index (Phi) is 12.0.